The zero-order chi connectivity index (χ0) is 31.8. The molecule has 0 aromatic heterocycles. The van der Waals surface area contributed by atoms with Crippen LogP contribution in [-0.4, -0.2) is 6.04 Å². The first-order chi connectivity index (χ1) is 23.3. The Labute approximate surface area is 280 Å². The average Bonchev–Trinajstić information content (AvgIpc) is 3.14. The van der Waals surface area contributed by atoms with E-state index < -0.39 is 0 Å². The van der Waals surface area contributed by atoms with Crippen LogP contribution in [0.4, 0.5) is 22.7 Å². The summed E-state index contributed by atoms with van der Waals surface area (Å²) in [6.45, 7) is 4.07. The number of benzene rings is 4. The number of anilines is 4. The van der Waals surface area contributed by atoms with Crippen molar-refractivity contribution in [2.75, 3.05) is 9.80 Å². The molecule has 0 spiro atoms. The van der Waals surface area contributed by atoms with E-state index in [4.69, 9.17) is 0 Å². The van der Waals surface area contributed by atoms with Crippen molar-refractivity contribution in [3.05, 3.63) is 198 Å². The molecule has 2 nitrogen and oxygen atoms in total. The van der Waals surface area contributed by atoms with E-state index in [1.54, 1.807) is 0 Å². The Morgan fingerprint density at radius 1 is 0.766 bits per heavy atom. The first kappa shape index (κ1) is 30.3. The molecule has 0 N–H and O–H groups in total. The summed E-state index contributed by atoms with van der Waals surface area (Å²) in [6.07, 6.45) is 29.9. The highest BCUT2D eigenvalue weighted by atomic mass is 15.2. The van der Waals surface area contributed by atoms with Crippen molar-refractivity contribution in [2.45, 2.75) is 38.1 Å². The molecular formula is C45H42N2. The largest absolute Gasteiger partial charge is 0.334 e. The fourth-order valence-electron chi connectivity index (χ4n) is 7.18. The van der Waals surface area contributed by atoms with Crippen molar-refractivity contribution < 1.29 is 0 Å². The molecule has 3 aliphatic rings. The molecule has 47 heavy (non-hydrogen) atoms. The van der Waals surface area contributed by atoms with Crippen LogP contribution >= 0.6 is 0 Å². The Kier molecular flexibility index (Phi) is 9.29. The van der Waals surface area contributed by atoms with Gasteiger partial charge in [-0.2, -0.15) is 0 Å². The lowest BCUT2D eigenvalue weighted by Crippen LogP contribution is -2.38. The van der Waals surface area contributed by atoms with Crippen LogP contribution in [-0.2, 0) is 12.8 Å². The third-order valence-corrected chi connectivity index (χ3v) is 9.42. The molecule has 232 valence electrons. The van der Waals surface area contributed by atoms with Crippen LogP contribution in [0.5, 0.6) is 0 Å². The normalized spacial score (nSPS) is 18.4. The fraction of sp³-hybridized carbons (Fsp3) is 0.156. The lowest BCUT2D eigenvalue weighted by atomic mass is 9.79. The number of nitrogens with zero attached hydrogens (tertiary/aromatic N) is 2. The van der Waals surface area contributed by atoms with Gasteiger partial charge in [-0.3, -0.25) is 0 Å². The van der Waals surface area contributed by atoms with Gasteiger partial charge in [0.25, 0.3) is 0 Å². The molecule has 0 saturated heterocycles. The summed E-state index contributed by atoms with van der Waals surface area (Å²) in [7, 11) is 0. The summed E-state index contributed by atoms with van der Waals surface area (Å²) in [6, 6.07) is 37.6. The van der Waals surface area contributed by atoms with Gasteiger partial charge in [0.05, 0.1) is 11.7 Å². The Hall–Kier alpha value is -5.34. The highest BCUT2D eigenvalue weighted by molar-refractivity contribution is 5.80. The summed E-state index contributed by atoms with van der Waals surface area (Å²) in [5.74, 6) is 0.487. The first-order valence-corrected chi connectivity index (χ1v) is 16.9. The van der Waals surface area contributed by atoms with E-state index >= 15 is 0 Å². The number of hydrogen-bond acceptors (Lipinski definition) is 2. The molecule has 0 aliphatic heterocycles. The molecule has 0 heterocycles. The molecule has 0 radical (unpaired) electrons. The van der Waals surface area contributed by atoms with Crippen LogP contribution in [0.25, 0.3) is 6.08 Å². The third kappa shape index (κ3) is 6.64. The minimum absolute atomic E-state index is 0.280. The van der Waals surface area contributed by atoms with Gasteiger partial charge in [-0.15, -0.1) is 0 Å². The van der Waals surface area contributed by atoms with Gasteiger partial charge in [0.1, 0.15) is 0 Å². The van der Waals surface area contributed by atoms with Crippen LogP contribution < -0.4 is 9.80 Å². The van der Waals surface area contributed by atoms with Crippen molar-refractivity contribution in [3.63, 3.8) is 0 Å². The maximum Gasteiger partial charge on any atom is 0.0594 e. The number of fused-ring (bicyclic) bond motifs is 2. The van der Waals surface area contributed by atoms with Gasteiger partial charge in [-0.25, -0.2) is 0 Å². The Morgan fingerprint density at radius 3 is 2.30 bits per heavy atom. The molecule has 0 saturated carbocycles. The van der Waals surface area contributed by atoms with Gasteiger partial charge in [-0.05, 0) is 103 Å². The topological polar surface area (TPSA) is 6.48 Å². The summed E-state index contributed by atoms with van der Waals surface area (Å²) < 4.78 is 0. The Morgan fingerprint density at radius 2 is 1.51 bits per heavy atom. The van der Waals surface area contributed by atoms with Crippen molar-refractivity contribution in [3.8, 4) is 0 Å². The predicted molar refractivity (Wildman–Crippen MR) is 201 cm³/mol. The van der Waals surface area contributed by atoms with Crippen LogP contribution in [0.1, 0.15) is 36.0 Å². The van der Waals surface area contributed by atoms with E-state index in [0.717, 1.165) is 37.1 Å². The van der Waals surface area contributed by atoms with E-state index in [1.807, 2.05) is 6.08 Å². The first-order valence-electron chi connectivity index (χ1n) is 16.9. The third-order valence-electron chi connectivity index (χ3n) is 9.42. The average molecular weight is 611 g/mol. The van der Waals surface area contributed by atoms with Crippen LogP contribution in [0, 0.1) is 5.92 Å². The lowest BCUT2D eigenvalue weighted by molar-refractivity contribution is 0.496. The molecular weight excluding hydrogens is 569 g/mol. The van der Waals surface area contributed by atoms with Gasteiger partial charge in [-0.1, -0.05) is 122 Å². The number of hydrogen-bond donors (Lipinski definition) is 0. The van der Waals surface area contributed by atoms with Gasteiger partial charge in [0.2, 0.25) is 0 Å². The number of para-hydroxylation sites is 2. The number of aryl methyl sites for hydroxylation is 1. The lowest BCUT2D eigenvalue weighted by Gasteiger charge is -2.40. The van der Waals surface area contributed by atoms with E-state index in [-0.39, 0.29) is 6.04 Å². The van der Waals surface area contributed by atoms with Gasteiger partial charge in [0.15, 0.2) is 0 Å². The molecule has 0 fully saturated rings. The second-order valence-corrected chi connectivity index (χ2v) is 12.4. The zero-order valence-electron chi connectivity index (χ0n) is 27.0. The van der Waals surface area contributed by atoms with E-state index in [0.29, 0.717) is 5.92 Å². The summed E-state index contributed by atoms with van der Waals surface area (Å²) in [4.78, 5) is 4.87. The molecule has 7 rings (SSSR count). The summed E-state index contributed by atoms with van der Waals surface area (Å²) in [5.41, 5.74) is 11.3. The van der Waals surface area contributed by atoms with E-state index in [1.165, 1.54) is 45.7 Å². The van der Waals surface area contributed by atoms with Crippen molar-refractivity contribution in [1.82, 2.24) is 0 Å². The van der Waals surface area contributed by atoms with Gasteiger partial charge >= 0.3 is 0 Å². The van der Waals surface area contributed by atoms with Crippen molar-refractivity contribution in [2.24, 2.45) is 5.92 Å². The molecule has 2 unspecified atom stereocenters. The molecule has 4 aromatic rings. The van der Waals surface area contributed by atoms with E-state index in [2.05, 4.69) is 180 Å². The second-order valence-electron chi connectivity index (χ2n) is 12.4. The minimum atomic E-state index is 0.280. The summed E-state index contributed by atoms with van der Waals surface area (Å²) in [5, 5.41) is 0. The Balaban J connectivity index is 1.16. The highest BCUT2D eigenvalue weighted by Crippen LogP contribution is 2.40. The predicted octanol–water partition coefficient (Wildman–Crippen LogP) is 11.6. The van der Waals surface area contributed by atoms with Crippen LogP contribution in [0.15, 0.2) is 182 Å². The maximum atomic E-state index is 4.07. The smallest absolute Gasteiger partial charge is 0.0594 e. The molecule has 3 aliphatic carbocycles. The zero-order valence-corrected chi connectivity index (χ0v) is 27.0. The van der Waals surface area contributed by atoms with Gasteiger partial charge < -0.3 is 9.80 Å². The standard InChI is InChI=1S/C45H42N2/c1-2-16-38(46(39-22-5-3-6-23-39)44-29-14-20-36-18-9-11-27-42(36)44)26-13-17-35-31-33-41(34-32-35)47(40-24-7-4-8-25-40)45-30-15-21-37-19-10-12-28-43(37)45/h2-8,10-11,13-16,19-27,29-34,43,45H,1,9,12,17-18,28H2/b26-13-,38-16+. The number of allylic oxidation sites excluding steroid dienone is 9. The molecule has 0 bridgehead atoms. The molecule has 4 aromatic carbocycles. The monoisotopic (exact) mass is 610 g/mol. The van der Waals surface area contributed by atoms with Crippen molar-refractivity contribution in [1.29, 1.82) is 0 Å². The molecule has 0 amide bonds. The van der Waals surface area contributed by atoms with Crippen LogP contribution in [0.3, 0.4) is 0 Å². The highest BCUT2D eigenvalue weighted by Gasteiger charge is 2.31. The van der Waals surface area contributed by atoms with Gasteiger partial charge in [0, 0.05) is 34.2 Å². The summed E-state index contributed by atoms with van der Waals surface area (Å²) >= 11 is 0. The van der Waals surface area contributed by atoms with Crippen LogP contribution in [0.2, 0.25) is 0 Å². The quantitative estimate of drug-likeness (QED) is 0.165. The second kappa shape index (κ2) is 14.4. The molecule has 2 heteroatoms. The maximum absolute atomic E-state index is 4.07. The van der Waals surface area contributed by atoms with Crippen molar-refractivity contribution >= 4 is 28.8 Å². The number of rotatable bonds is 10. The minimum Gasteiger partial charge on any atom is -0.334 e. The SMILES string of the molecule is C=C/C=C(\C=C/Cc1ccc(N(c2ccccc2)C2C=CC=C3C=CCCC32)cc1)N(c1ccccc1)c1cccc2c1C=CCC2. The van der Waals surface area contributed by atoms with E-state index in [9.17, 15) is 0 Å². The Bertz CT molecular complexity index is 1870. The fourth-order valence-corrected chi connectivity index (χ4v) is 7.18. The molecule has 2 atom stereocenters.